The molecule has 4 nitrogen and oxygen atoms in total. The van der Waals surface area contributed by atoms with Crippen LogP contribution in [-0.2, 0) is 0 Å². The van der Waals surface area contributed by atoms with Gasteiger partial charge in [-0.15, -0.1) is 0 Å². The second-order valence-corrected chi connectivity index (χ2v) is 4.62. The zero-order chi connectivity index (χ0) is 14.0. The normalized spacial score (nSPS) is 12.2. The fraction of sp³-hybridized carbons (Fsp3) is 0.267. The van der Waals surface area contributed by atoms with Gasteiger partial charge in [0.15, 0.2) is 5.76 Å². The van der Waals surface area contributed by atoms with Crippen molar-refractivity contribution in [3.05, 3.63) is 53.5 Å². The van der Waals surface area contributed by atoms with Crippen LogP contribution in [-0.4, -0.2) is 23.0 Å². The van der Waals surface area contributed by atoms with Crippen LogP contribution in [0.25, 0.3) is 0 Å². The van der Waals surface area contributed by atoms with Crippen LogP contribution in [0.3, 0.4) is 0 Å². The Balaban J connectivity index is 2.19. The number of aryl methyl sites for hydroxylation is 1. The number of phenols is 1. The predicted molar refractivity (Wildman–Crippen MR) is 72.1 cm³/mol. The van der Waals surface area contributed by atoms with Crippen molar-refractivity contribution in [1.29, 1.82) is 0 Å². The zero-order valence-corrected chi connectivity index (χ0v) is 11.3. The van der Waals surface area contributed by atoms with Crippen molar-refractivity contribution in [2.45, 2.75) is 19.9 Å². The second-order valence-electron chi connectivity index (χ2n) is 4.62. The van der Waals surface area contributed by atoms with E-state index in [4.69, 9.17) is 4.42 Å². The third-order valence-electron chi connectivity index (χ3n) is 3.33. The molecule has 0 saturated carbocycles. The van der Waals surface area contributed by atoms with Crippen molar-refractivity contribution < 1.29 is 14.3 Å². The number of benzene rings is 1. The zero-order valence-electron chi connectivity index (χ0n) is 11.3. The first-order valence-corrected chi connectivity index (χ1v) is 6.11. The average molecular weight is 259 g/mol. The van der Waals surface area contributed by atoms with Gasteiger partial charge in [-0.1, -0.05) is 12.1 Å². The topological polar surface area (TPSA) is 53.7 Å². The highest BCUT2D eigenvalue weighted by atomic mass is 16.3. The lowest BCUT2D eigenvalue weighted by molar-refractivity contribution is 0.0709. The standard InChI is InChI=1S/C15H17NO3/c1-10-8-9-19-14(10)15(18)16(3)11(2)12-4-6-13(17)7-5-12/h4-9,11,17H,1-3H3. The molecule has 1 N–H and O–H groups in total. The summed E-state index contributed by atoms with van der Waals surface area (Å²) in [4.78, 5) is 13.9. The molecule has 100 valence electrons. The van der Waals surface area contributed by atoms with E-state index in [1.54, 1.807) is 42.3 Å². The van der Waals surface area contributed by atoms with E-state index in [9.17, 15) is 9.90 Å². The molecular weight excluding hydrogens is 242 g/mol. The summed E-state index contributed by atoms with van der Waals surface area (Å²) in [6, 6.07) is 8.51. The largest absolute Gasteiger partial charge is 0.508 e. The lowest BCUT2D eigenvalue weighted by Crippen LogP contribution is -2.29. The highest BCUT2D eigenvalue weighted by Gasteiger charge is 2.22. The minimum atomic E-state index is -0.150. The summed E-state index contributed by atoms with van der Waals surface area (Å²) in [5.41, 5.74) is 1.78. The predicted octanol–water partition coefficient (Wildman–Crippen LogP) is 3.13. The van der Waals surface area contributed by atoms with Crippen LogP contribution in [0.2, 0.25) is 0 Å². The molecule has 4 heteroatoms. The second kappa shape index (κ2) is 5.18. The Kier molecular flexibility index (Phi) is 3.60. The van der Waals surface area contributed by atoms with E-state index in [1.165, 1.54) is 6.26 Å². The minimum Gasteiger partial charge on any atom is -0.508 e. The highest BCUT2D eigenvalue weighted by Crippen LogP contribution is 2.23. The van der Waals surface area contributed by atoms with E-state index in [-0.39, 0.29) is 17.7 Å². The summed E-state index contributed by atoms with van der Waals surface area (Å²) in [6.07, 6.45) is 1.52. The Bertz CT molecular complexity index is 571. The Morgan fingerprint density at radius 1 is 1.26 bits per heavy atom. The van der Waals surface area contributed by atoms with Gasteiger partial charge in [0.2, 0.25) is 0 Å². The molecule has 0 fully saturated rings. The van der Waals surface area contributed by atoms with Gasteiger partial charge in [-0.05, 0) is 37.6 Å². The fourth-order valence-electron chi connectivity index (χ4n) is 1.90. The molecule has 1 unspecified atom stereocenters. The van der Waals surface area contributed by atoms with Gasteiger partial charge in [-0.25, -0.2) is 0 Å². The van der Waals surface area contributed by atoms with Crippen LogP contribution in [0.1, 0.15) is 34.6 Å². The summed E-state index contributed by atoms with van der Waals surface area (Å²) in [6.45, 7) is 3.78. The molecule has 19 heavy (non-hydrogen) atoms. The maximum atomic E-state index is 12.3. The summed E-state index contributed by atoms with van der Waals surface area (Å²) < 4.78 is 5.22. The number of rotatable bonds is 3. The summed E-state index contributed by atoms with van der Waals surface area (Å²) >= 11 is 0. The first-order chi connectivity index (χ1) is 9.00. The van der Waals surface area contributed by atoms with Crippen LogP contribution < -0.4 is 0 Å². The van der Waals surface area contributed by atoms with E-state index < -0.39 is 0 Å². The maximum Gasteiger partial charge on any atom is 0.290 e. The average Bonchev–Trinajstić information content (AvgIpc) is 2.83. The van der Waals surface area contributed by atoms with Crippen molar-refractivity contribution in [2.75, 3.05) is 7.05 Å². The van der Waals surface area contributed by atoms with E-state index in [0.717, 1.165) is 11.1 Å². The molecule has 0 bridgehead atoms. The number of hydrogen-bond donors (Lipinski definition) is 1. The molecule has 1 aromatic carbocycles. The molecule has 2 aromatic rings. The molecule has 1 aromatic heterocycles. The quantitative estimate of drug-likeness (QED) is 0.921. The van der Waals surface area contributed by atoms with Gasteiger partial charge < -0.3 is 14.4 Å². The monoisotopic (exact) mass is 259 g/mol. The smallest absolute Gasteiger partial charge is 0.290 e. The van der Waals surface area contributed by atoms with Crippen molar-refractivity contribution in [2.24, 2.45) is 0 Å². The van der Waals surface area contributed by atoms with E-state index >= 15 is 0 Å². The number of furan rings is 1. The van der Waals surface area contributed by atoms with Gasteiger partial charge in [0.1, 0.15) is 5.75 Å². The fourth-order valence-corrected chi connectivity index (χ4v) is 1.90. The van der Waals surface area contributed by atoms with Crippen LogP contribution in [0.15, 0.2) is 41.0 Å². The Hall–Kier alpha value is -2.23. The Labute approximate surface area is 112 Å². The number of nitrogens with zero attached hydrogens (tertiary/aromatic N) is 1. The third kappa shape index (κ3) is 2.62. The molecule has 2 rings (SSSR count). The Morgan fingerprint density at radius 3 is 2.42 bits per heavy atom. The molecule has 0 spiro atoms. The number of hydrogen-bond acceptors (Lipinski definition) is 3. The summed E-state index contributed by atoms with van der Waals surface area (Å²) in [7, 11) is 1.74. The van der Waals surface area contributed by atoms with Gasteiger partial charge in [0.25, 0.3) is 5.91 Å². The first-order valence-electron chi connectivity index (χ1n) is 6.11. The van der Waals surface area contributed by atoms with Crippen LogP contribution in [0.4, 0.5) is 0 Å². The van der Waals surface area contributed by atoms with Crippen molar-refractivity contribution in [3.63, 3.8) is 0 Å². The molecule has 0 aliphatic rings. The first kappa shape index (κ1) is 13.2. The van der Waals surface area contributed by atoms with Crippen LogP contribution in [0, 0.1) is 6.92 Å². The number of phenolic OH excluding ortho intramolecular Hbond substituents is 1. The molecule has 0 aliphatic carbocycles. The molecule has 0 aliphatic heterocycles. The van der Waals surface area contributed by atoms with Gasteiger partial charge >= 0.3 is 0 Å². The third-order valence-corrected chi connectivity index (χ3v) is 3.33. The van der Waals surface area contributed by atoms with E-state index in [2.05, 4.69) is 0 Å². The molecule has 1 atom stereocenters. The molecule has 0 saturated heterocycles. The number of aromatic hydroxyl groups is 1. The number of carbonyl (C=O) groups is 1. The molecule has 1 heterocycles. The SMILES string of the molecule is Cc1ccoc1C(=O)N(C)C(C)c1ccc(O)cc1. The number of carbonyl (C=O) groups excluding carboxylic acids is 1. The van der Waals surface area contributed by atoms with Crippen LogP contribution >= 0.6 is 0 Å². The van der Waals surface area contributed by atoms with E-state index in [0.29, 0.717) is 5.76 Å². The van der Waals surface area contributed by atoms with Gasteiger partial charge in [0, 0.05) is 12.6 Å². The van der Waals surface area contributed by atoms with Crippen molar-refractivity contribution in [3.8, 4) is 5.75 Å². The minimum absolute atomic E-state index is 0.0994. The molecule has 0 radical (unpaired) electrons. The van der Waals surface area contributed by atoms with Crippen LogP contribution in [0.5, 0.6) is 5.75 Å². The van der Waals surface area contributed by atoms with Crippen molar-refractivity contribution >= 4 is 5.91 Å². The van der Waals surface area contributed by atoms with Gasteiger partial charge in [-0.3, -0.25) is 4.79 Å². The van der Waals surface area contributed by atoms with Crippen molar-refractivity contribution in [1.82, 2.24) is 4.90 Å². The van der Waals surface area contributed by atoms with Gasteiger partial charge in [-0.2, -0.15) is 0 Å². The summed E-state index contributed by atoms with van der Waals surface area (Å²) in [5, 5.41) is 9.28. The highest BCUT2D eigenvalue weighted by molar-refractivity contribution is 5.92. The van der Waals surface area contributed by atoms with E-state index in [1.807, 2.05) is 13.8 Å². The number of amides is 1. The molecule has 1 amide bonds. The lowest BCUT2D eigenvalue weighted by atomic mass is 10.1. The summed E-state index contributed by atoms with van der Waals surface area (Å²) in [5.74, 6) is 0.433. The maximum absolute atomic E-state index is 12.3. The lowest BCUT2D eigenvalue weighted by Gasteiger charge is -2.24. The molecular formula is C15H17NO3. The van der Waals surface area contributed by atoms with Gasteiger partial charge in [0.05, 0.1) is 12.3 Å². The Morgan fingerprint density at radius 2 is 1.89 bits per heavy atom.